The maximum atomic E-state index is 5.10. The van der Waals surface area contributed by atoms with Crippen LogP contribution in [0.3, 0.4) is 0 Å². The van der Waals surface area contributed by atoms with Crippen LogP contribution in [0.4, 0.5) is 0 Å². The third-order valence-electron chi connectivity index (χ3n) is 1.83. The molecule has 0 unspecified atom stereocenters. The fourth-order valence-corrected chi connectivity index (χ4v) is 1.53. The van der Waals surface area contributed by atoms with Crippen molar-refractivity contribution in [3.63, 3.8) is 0 Å². The molecular weight excluding hydrogens is 208 g/mol. The molecule has 1 aromatic heterocycles. The highest BCUT2D eigenvalue weighted by Gasteiger charge is 1.97. The van der Waals surface area contributed by atoms with E-state index in [9.17, 15) is 0 Å². The molecule has 0 saturated carbocycles. The summed E-state index contributed by atoms with van der Waals surface area (Å²) < 4.78 is 1.92. The summed E-state index contributed by atoms with van der Waals surface area (Å²) in [5.41, 5.74) is 0. The maximum absolute atomic E-state index is 5.10. The van der Waals surface area contributed by atoms with Gasteiger partial charge in [0, 0.05) is 31.5 Å². The van der Waals surface area contributed by atoms with Crippen molar-refractivity contribution in [2.45, 2.75) is 32.9 Å². The zero-order chi connectivity index (χ0) is 11.1. The molecule has 0 fully saturated rings. The van der Waals surface area contributed by atoms with E-state index in [1.54, 1.807) is 6.20 Å². The quantitative estimate of drug-likeness (QED) is 0.584. The van der Waals surface area contributed by atoms with Crippen LogP contribution >= 0.6 is 12.2 Å². The highest BCUT2D eigenvalue weighted by atomic mass is 32.1. The van der Waals surface area contributed by atoms with E-state index in [0.29, 0.717) is 6.04 Å². The van der Waals surface area contributed by atoms with E-state index in [0.717, 1.165) is 24.6 Å². The van der Waals surface area contributed by atoms with E-state index in [1.807, 2.05) is 16.9 Å². The Morgan fingerprint density at radius 2 is 2.33 bits per heavy atom. The maximum Gasteiger partial charge on any atom is 0.166 e. The van der Waals surface area contributed by atoms with E-state index in [4.69, 9.17) is 12.2 Å². The van der Waals surface area contributed by atoms with Crippen LogP contribution in [-0.2, 0) is 6.54 Å². The predicted molar refractivity (Wildman–Crippen MR) is 65.7 cm³/mol. The van der Waals surface area contributed by atoms with E-state index in [1.165, 1.54) is 0 Å². The normalized spacial score (nSPS) is 10.3. The van der Waals surface area contributed by atoms with E-state index in [-0.39, 0.29) is 0 Å². The highest BCUT2D eigenvalue weighted by Crippen LogP contribution is 1.88. The lowest BCUT2D eigenvalue weighted by molar-refractivity contribution is 0.570. The average Bonchev–Trinajstić information content (AvgIpc) is 2.63. The molecule has 84 valence electrons. The zero-order valence-electron chi connectivity index (χ0n) is 9.23. The number of hydrogen-bond donors (Lipinski definition) is 2. The summed E-state index contributed by atoms with van der Waals surface area (Å²) in [4.78, 5) is 0. The predicted octanol–water partition coefficient (Wildman–Crippen LogP) is 1.15. The van der Waals surface area contributed by atoms with Gasteiger partial charge in [0.2, 0.25) is 0 Å². The molecule has 0 spiro atoms. The van der Waals surface area contributed by atoms with E-state index in [2.05, 4.69) is 29.6 Å². The summed E-state index contributed by atoms with van der Waals surface area (Å²) in [6.07, 6.45) is 4.77. The Hall–Kier alpha value is -1.10. The molecule has 0 aliphatic carbocycles. The van der Waals surface area contributed by atoms with Crippen LogP contribution in [0.25, 0.3) is 0 Å². The number of hydrogen-bond acceptors (Lipinski definition) is 2. The van der Waals surface area contributed by atoms with Gasteiger partial charge in [-0.2, -0.15) is 5.10 Å². The Morgan fingerprint density at radius 3 is 2.93 bits per heavy atom. The average molecular weight is 226 g/mol. The smallest absolute Gasteiger partial charge is 0.166 e. The Balaban J connectivity index is 2.04. The Kier molecular flexibility index (Phi) is 5.10. The van der Waals surface area contributed by atoms with Crippen molar-refractivity contribution in [2.75, 3.05) is 6.54 Å². The molecule has 1 rings (SSSR count). The van der Waals surface area contributed by atoms with Crippen molar-refractivity contribution in [3.8, 4) is 0 Å². The summed E-state index contributed by atoms with van der Waals surface area (Å²) in [7, 11) is 0. The molecule has 5 heteroatoms. The van der Waals surface area contributed by atoms with Crippen molar-refractivity contribution >= 4 is 17.3 Å². The third kappa shape index (κ3) is 5.37. The summed E-state index contributed by atoms with van der Waals surface area (Å²) >= 11 is 5.10. The van der Waals surface area contributed by atoms with Crippen LogP contribution in [0.15, 0.2) is 18.5 Å². The van der Waals surface area contributed by atoms with Gasteiger partial charge in [-0.3, -0.25) is 4.68 Å². The lowest BCUT2D eigenvalue weighted by Gasteiger charge is -2.12. The fraction of sp³-hybridized carbons (Fsp3) is 0.600. The van der Waals surface area contributed by atoms with Gasteiger partial charge in [0.15, 0.2) is 5.11 Å². The Morgan fingerprint density at radius 1 is 1.53 bits per heavy atom. The summed E-state index contributed by atoms with van der Waals surface area (Å²) in [5.74, 6) is 0. The molecule has 0 atom stereocenters. The summed E-state index contributed by atoms with van der Waals surface area (Å²) in [5, 5.41) is 11.1. The molecule has 2 N–H and O–H groups in total. The molecule has 0 radical (unpaired) electrons. The molecule has 0 aliphatic heterocycles. The molecule has 0 saturated heterocycles. The van der Waals surface area contributed by atoms with Crippen molar-refractivity contribution < 1.29 is 0 Å². The molecule has 0 amide bonds. The van der Waals surface area contributed by atoms with Gasteiger partial charge in [0.05, 0.1) is 0 Å². The molecule has 1 heterocycles. The first-order valence-corrected chi connectivity index (χ1v) is 5.61. The Bertz CT molecular complexity index is 282. The van der Waals surface area contributed by atoms with Crippen LogP contribution in [0, 0.1) is 0 Å². The van der Waals surface area contributed by atoms with Crippen LogP contribution in [0.5, 0.6) is 0 Å². The molecule has 1 aromatic rings. The number of nitrogens with zero attached hydrogens (tertiary/aromatic N) is 2. The zero-order valence-corrected chi connectivity index (χ0v) is 10.0. The van der Waals surface area contributed by atoms with Crippen LogP contribution in [0.1, 0.15) is 20.3 Å². The number of thiocarbonyl (C=S) groups is 1. The van der Waals surface area contributed by atoms with Crippen LogP contribution < -0.4 is 10.6 Å². The molecule has 15 heavy (non-hydrogen) atoms. The first-order valence-electron chi connectivity index (χ1n) is 5.20. The van der Waals surface area contributed by atoms with Gasteiger partial charge in [-0.05, 0) is 38.6 Å². The third-order valence-corrected chi connectivity index (χ3v) is 2.09. The van der Waals surface area contributed by atoms with Gasteiger partial charge in [-0.25, -0.2) is 0 Å². The van der Waals surface area contributed by atoms with Gasteiger partial charge in [0.1, 0.15) is 0 Å². The summed E-state index contributed by atoms with van der Waals surface area (Å²) in [6.45, 7) is 5.93. The molecule has 0 aliphatic rings. The number of rotatable bonds is 5. The van der Waals surface area contributed by atoms with Crippen molar-refractivity contribution in [1.82, 2.24) is 20.4 Å². The summed E-state index contributed by atoms with van der Waals surface area (Å²) in [6, 6.07) is 2.31. The van der Waals surface area contributed by atoms with Gasteiger partial charge in [-0.1, -0.05) is 0 Å². The van der Waals surface area contributed by atoms with E-state index >= 15 is 0 Å². The van der Waals surface area contributed by atoms with Crippen molar-refractivity contribution in [3.05, 3.63) is 18.5 Å². The first kappa shape index (κ1) is 12.0. The van der Waals surface area contributed by atoms with Gasteiger partial charge >= 0.3 is 0 Å². The number of aryl methyl sites for hydroxylation is 1. The lowest BCUT2D eigenvalue weighted by atomic mass is 10.4. The molecule has 4 nitrogen and oxygen atoms in total. The van der Waals surface area contributed by atoms with Crippen LogP contribution in [0.2, 0.25) is 0 Å². The van der Waals surface area contributed by atoms with Gasteiger partial charge < -0.3 is 10.6 Å². The Labute approximate surface area is 96.1 Å². The fourth-order valence-electron chi connectivity index (χ4n) is 1.19. The lowest BCUT2D eigenvalue weighted by Crippen LogP contribution is -2.39. The van der Waals surface area contributed by atoms with Gasteiger partial charge in [0.25, 0.3) is 0 Å². The monoisotopic (exact) mass is 226 g/mol. The van der Waals surface area contributed by atoms with Crippen molar-refractivity contribution in [2.24, 2.45) is 0 Å². The second-order valence-electron chi connectivity index (χ2n) is 3.68. The molecule has 0 aromatic carbocycles. The molecular formula is C10H18N4S. The van der Waals surface area contributed by atoms with E-state index < -0.39 is 0 Å². The number of nitrogens with one attached hydrogen (secondary N) is 2. The minimum Gasteiger partial charge on any atom is -0.363 e. The standard InChI is InChI=1S/C10H18N4S/c1-9(2)13-10(15)11-5-3-7-14-8-4-6-12-14/h4,6,8-9H,3,5,7H2,1-2H3,(H2,11,13,15). The minimum absolute atomic E-state index is 0.385. The topological polar surface area (TPSA) is 41.9 Å². The van der Waals surface area contributed by atoms with Gasteiger partial charge in [-0.15, -0.1) is 0 Å². The number of aromatic nitrogens is 2. The SMILES string of the molecule is CC(C)NC(=S)NCCCn1cccn1. The second-order valence-corrected chi connectivity index (χ2v) is 4.09. The van der Waals surface area contributed by atoms with Crippen molar-refractivity contribution in [1.29, 1.82) is 0 Å². The second kappa shape index (κ2) is 6.40. The highest BCUT2D eigenvalue weighted by molar-refractivity contribution is 7.80. The molecule has 0 bridgehead atoms. The first-order chi connectivity index (χ1) is 7.18. The van der Waals surface area contributed by atoms with Crippen LogP contribution in [-0.4, -0.2) is 27.5 Å². The largest absolute Gasteiger partial charge is 0.363 e. The minimum atomic E-state index is 0.385.